The lowest BCUT2D eigenvalue weighted by molar-refractivity contribution is -0.131. The maximum atomic E-state index is 12.0. The molecule has 1 aliphatic heterocycles. The van der Waals surface area contributed by atoms with E-state index in [2.05, 4.69) is 4.74 Å². The van der Waals surface area contributed by atoms with Gasteiger partial charge in [0.25, 0.3) is 5.91 Å². The van der Waals surface area contributed by atoms with Gasteiger partial charge in [-0.3, -0.25) is 4.79 Å². The van der Waals surface area contributed by atoms with E-state index in [4.69, 9.17) is 14.2 Å². The fourth-order valence-corrected chi connectivity index (χ4v) is 1.87. The minimum atomic E-state index is -0.736. The van der Waals surface area contributed by atoms with Crippen molar-refractivity contribution in [2.45, 2.75) is 0 Å². The molecule has 118 valence electrons. The van der Waals surface area contributed by atoms with E-state index in [0.717, 1.165) is 4.90 Å². The second-order valence-corrected chi connectivity index (χ2v) is 4.30. The lowest BCUT2D eigenvalue weighted by Crippen LogP contribution is -2.35. The first-order valence-corrected chi connectivity index (χ1v) is 6.43. The molecule has 0 atom stereocenters. The number of imide groups is 1. The van der Waals surface area contributed by atoms with Gasteiger partial charge in [0.2, 0.25) is 0 Å². The first-order chi connectivity index (χ1) is 10.6. The van der Waals surface area contributed by atoms with E-state index in [9.17, 15) is 14.4 Å². The summed E-state index contributed by atoms with van der Waals surface area (Å²) in [5.74, 6) is -0.592. The number of ether oxygens (including phenoxy) is 4. The molecule has 22 heavy (non-hydrogen) atoms. The van der Waals surface area contributed by atoms with E-state index >= 15 is 0 Å². The Kier molecular flexibility index (Phi) is 4.82. The van der Waals surface area contributed by atoms with Crippen LogP contribution in [0.2, 0.25) is 0 Å². The number of carbonyl (C=O) groups excluding carboxylic acids is 3. The standard InChI is InChI=1S/C14H15NO7/c1-19-9-3-4-10(11(7-9)20-2)13(17)22-8-12(16)15-5-6-21-14(15)18/h3-4,7H,5-6,8H2,1-2H3. The zero-order valence-electron chi connectivity index (χ0n) is 12.2. The van der Waals surface area contributed by atoms with Crippen LogP contribution in [0.4, 0.5) is 4.79 Å². The van der Waals surface area contributed by atoms with Gasteiger partial charge in [0.05, 0.1) is 20.8 Å². The minimum Gasteiger partial charge on any atom is -0.497 e. The van der Waals surface area contributed by atoms with E-state index in [1.54, 1.807) is 6.07 Å². The van der Waals surface area contributed by atoms with Gasteiger partial charge in [-0.1, -0.05) is 0 Å². The van der Waals surface area contributed by atoms with Crippen molar-refractivity contribution in [2.75, 3.05) is 34.0 Å². The summed E-state index contributed by atoms with van der Waals surface area (Å²) >= 11 is 0. The number of amides is 2. The van der Waals surface area contributed by atoms with Crippen molar-refractivity contribution in [1.29, 1.82) is 0 Å². The van der Waals surface area contributed by atoms with Gasteiger partial charge in [-0.05, 0) is 12.1 Å². The van der Waals surface area contributed by atoms with Crippen LogP contribution in [0.25, 0.3) is 0 Å². The largest absolute Gasteiger partial charge is 0.497 e. The van der Waals surface area contributed by atoms with Gasteiger partial charge in [-0.2, -0.15) is 0 Å². The molecule has 0 saturated carbocycles. The number of esters is 1. The summed E-state index contributed by atoms with van der Waals surface area (Å²) in [6.07, 6.45) is -0.733. The average Bonchev–Trinajstić information content (AvgIpc) is 2.97. The third-order valence-corrected chi connectivity index (χ3v) is 3.02. The molecule has 8 nitrogen and oxygen atoms in total. The zero-order valence-corrected chi connectivity index (χ0v) is 12.2. The Bertz CT molecular complexity index is 599. The van der Waals surface area contributed by atoms with Gasteiger partial charge in [-0.15, -0.1) is 0 Å². The highest BCUT2D eigenvalue weighted by Gasteiger charge is 2.29. The van der Waals surface area contributed by atoms with Crippen molar-refractivity contribution in [1.82, 2.24) is 4.90 Å². The van der Waals surface area contributed by atoms with Gasteiger partial charge >= 0.3 is 12.1 Å². The van der Waals surface area contributed by atoms with E-state index in [0.29, 0.717) is 5.75 Å². The predicted octanol–water partition coefficient (Wildman–Crippen LogP) is 0.839. The molecule has 1 aromatic carbocycles. The maximum absolute atomic E-state index is 12.0. The minimum absolute atomic E-state index is 0.144. The molecule has 1 aromatic rings. The number of benzene rings is 1. The highest BCUT2D eigenvalue weighted by molar-refractivity contribution is 5.97. The van der Waals surface area contributed by atoms with Crippen molar-refractivity contribution in [3.8, 4) is 11.5 Å². The Morgan fingerprint density at radius 3 is 2.64 bits per heavy atom. The second-order valence-electron chi connectivity index (χ2n) is 4.30. The summed E-state index contributed by atoms with van der Waals surface area (Å²) in [7, 11) is 2.89. The van der Waals surface area contributed by atoms with Crippen LogP contribution < -0.4 is 9.47 Å². The van der Waals surface area contributed by atoms with E-state index in [1.807, 2.05) is 0 Å². The molecular formula is C14H15NO7. The molecule has 0 unspecified atom stereocenters. The number of nitrogens with zero attached hydrogens (tertiary/aromatic N) is 1. The SMILES string of the molecule is COc1ccc(C(=O)OCC(=O)N2CCOC2=O)c(OC)c1. The number of hydrogen-bond donors (Lipinski definition) is 0. The van der Waals surface area contributed by atoms with Gasteiger partial charge in [0.15, 0.2) is 6.61 Å². The smallest absolute Gasteiger partial charge is 0.416 e. The molecule has 0 radical (unpaired) electrons. The van der Waals surface area contributed by atoms with E-state index < -0.39 is 24.6 Å². The summed E-state index contributed by atoms with van der Waals surface area (Å²) in [6, 6.07) is 4.56. The Balaban J connectivity index is 2.00. The summed E-state index contributed by atoms with van der Waals surface area (Å²) in [5, 5.41) is 0. The highest BCUT2D eigenvalue weighted by Crippen LogP contribution is 2.25. The number of carbonyl (C=O) groups is 3. The Hall–Kier alpha value is -2.77. The van der Waals surface area contributed by atoms with Crippen LogP contribution in [-0.2, 0) is 14.3 Å². The molecule has 1 fully saturated rings. The molecule has 2 amide bonds. The Morgan fingerprint density at radius 2 is 2.05 bits per heavy atom. The normalized spacial score (nSPS) is 13.5. The van der Waals surface area contributed by atoms with E-state index in [1.165, 1.54) is 26.4 Å². The monoisotopic (exact) mass is 309 g/mol. The van der Waals surface area contributed by atoms with Crippen LogP contribution in [0.15, 0.2) is 18.2 Å². The van der Waals surface area contributed by atoms with Crippen LogP contribution in [0.3, 0.4) is 0 Å². The van der Waals surface area contributed by atoms with Crippen molar-refractivity contribution in [3.63, 3.8) is 0 Å². The molecule has 0 aliphatic carbocycles. The molecule has 1 heterocycles. The molecule has 0 spiro atoms. The number of rotatable bonds is 5. The van der Waals surface area contributed by atoms with Gasteiger partial charge in [0.1, 0.15) is 23.7 Å². The molecule has 8 heteroatoms. The number of cyclic esters (lactones) is 1. The van der Waals surface area contributed by atoms with Crippen LogP contribution in [-0.4, -0.2) is 56.8 Å². The fraction of sp³-hybridized carbons (Fsp3) is 0.357. The van der Waals surface area contributed by atoms with Gasteiger partial charge < -0.3 is 18.9 Å². The second kappa shape index (κ2) is 6.79. The first-order valence-electron chi connectivity index (χ1n) is 6.43. The highest BCUT2D eigenvalue weighted by atomic mass is 16.6. The van der Waals surface area contributed by atoms with E-state index in [-0.39, 0.29) is 24.5 Å². The molecule has 0 aromatic heterocycles. The lowest BCUT2D eigenvalue weighted by atomic mass is 10.2. The topological polar surface area (TPSA) is 91.4 Å². The van der Waals surface area contributed by atoms with Crippen LogP contribution in [0.1, 0.15) is 10.4 Å². The Labute approximate surface area is 126 Å². The number of hydrogen-bond acceptors (Lipinski definition) is 7. The number of methoxy groups -OCH3 is 2. The summed E-state index contributed by atoms with van der Waals surface area (Å²) in [5.41, 5.74) is 0.153. The van der Waals surface area contributed by atoms with Crippen molar-refractivity contribution >= 4 is 18.0 Å². The van der Waals surface area contributed by atoms with Crippen LogP contribution in [0, 0.1) is 0 Å². The fourth-order valence-electron chi connectivity index (χ4n) is 1.87. The quantitative estimate of drug-likeness (QED) is 0.744. The zero-order chi connectivity index (χ0) is 16.1. The maximum Gasteiger partial charge on any atom is 0.416 e. The predicted molar refractivity (Wildman–Crippen MR) is 72.9 cm³/mol. The molecule has 1 aliphatic rings. The summed E-state index contributed by atoms with van der Waals surface area (Å²) in [6.45, 7) is -0.255. The summed E-state index contributed by atoms with van der Waals surface area (Å²) < 4.78 is 19.6. The van der Waals surface area contributed by atoms with Gasteiger partial charge in [0, 0.05) is 6.07 Å². The van der Waals surface area contributed by atoms with Gasteiger partial charge in [-0.25, -0.2) is 14.5 Å². The molecular weight excluding hydrogens is 294 g/mol. The molecule has 0 bridgehead atoms. The third kappa shape index (κ3) is 3.27. The molecule has 0 N–H and O–H groups in total. The van der Waals surface area contributed by atoms with Crippen molar-refractivity contribution in [3.05, 3.63) is 23.8 Å². The van der Waals surface area contributed by atoms with Crippen molar-refractivity contribution < 1.29 is 33.3 Å². The lowest BCUT2D eigenvalue weighted by Gasteiger charge is -2.12. The molecule has 2 rings (SSSR count). The Morgan fingerprint density at radius 1 is 1.27 bits per heavy atom. The third-order valence-electron chi connectivity index (χ3n) is 3.02. The van der Waals surface area contributed by atoms with Crippen molar-refractivity contribution in [2.24, 2.45) is 0 Å². The average molecular weight is 309 g/mol. The van der Waals surface area contributed by atoms with Crippen LogP contribution >= 0.6 is 0 Å². The first kappa shape index (κ1) is 15.6. The summed E-state index contributed by atoms with van der Waals surface area (Å²) in [4.78, 5) is 35.8. The molecule has 1 saturated heterocycles. The van der Waals surface area contributed by atoms with Crippen LogP contribution in [0.5, 0.6) is 11.5 Å².